The molecule has 46 heteroatoms. The van der Waals surface area contributed by atoms with Crippen LogP contribution in [0.4, 0.5) is 13.2 Å². The number of carbonyl (C=O) groups is 7. The number of hydrogen-bond acceptors (Lipinski definition) is 27. The molecule has 10 rings (SSSR count). The van der Waals surface area contributed by atoms with E-state index in [2.05, 4.69) is 116 Å². The Morgan fingerprint density at radius 2 is 0.866 bits per heavy atom. The number of carboxylic acid groups (broad SMARTS) is 2. The molecule has 0 unspecified atom stereocenters. The van der Waals surface area contributed by atoms with Gasteiger partial charge in [0.15, 0.2) is 0 Å². The maximum atomic E-state index is 13.6. The second kappa shape index (κ2) is 48.5. The molecule has 3 aliphatic heterocycles. The zero-order valence-electron chi connectivity index (χ0n) is 69.0. The number of aryl methyl sites for hydroxylation is 2. The second-order valence-electron chi connectivity index (χ2n) is 27.8. The third-order valence-electron chi connectivity index (χ3n) is 17.0. The van der Waals surface area contributed by atoms with Gasteiger partial charge in [0, 0.05) is 157 Å². The average molecular weight is 2000 g/mol. The number of nitrogens with zero attached hydrogens (tertiary/aromatic N) is 9. The highest BCUT2D eigenvalue weighted by Gasteiger charge is 2.64. The van der Waals surface area contributed by atoms with Gasteiger partial charge in [-0.15, -0.1) is 0 Å². The van der Waals surface area contributed by atoms with Gasteiger partial charge < -0.3 is 77.0 Å². The minimum atomic E-state index is -1.67. The molecule has 0 saturated carbocycles. The van der Waals surface area contributed by atoms with Crippen molar-refractivity contribution in [1.29, 1.82) is 0 Å². The van der Waals surface area contributed by atoms with Gasteiger partial charge in [-0.3, -0.25) is 19.2 Å². The number of ether oxygens (including phenoxy) is 3. The second-order valence-corrected chi connectivity index (χ2v) is 34.4. The molecule has 3 radical (unpaired) electrons. The van der Waals surface area contributed by atoms with Gasteiger partial charge in [0.1, 0.15) is 33.6 Å². The summed E-state index contributed by atoms with van der Waals surface area (Å²) in [5, 5.41) is 16.3. The number of aromatic nitrogens is 7. The normalized spacial score (nSPS) is 15.1. The van der Waals surface area contributed by atoms with Gasteiger partial charge in [-0.25, -0.2) is 53.1 Å². The van der Waals surface area contributed by atoms with Crippen LogP contribution < -0.4 is 22.1 Å². The van der Waals surface area contributed by atoms with Crippen LogP contribution in [0.5, 0.6) is 0 Å². The van der Waals surface area contributed by atoms with Gasteiger partial charge >= 0.3 is 51.0 Å². The van der Waals surface area contributed by atoms with Crippen molar-refractivity contribution in [1.82, 2.24) is 43.9 Å². The number of nitrogens with two attached hydrogens (primary N) is 1. The van der Waals surface area contributed by atoms with Crippen molar-refractivity contribution in [3.8, 4) is 0 Å². The standard InChI is InChI=1S/C18H23BN2O5.C13H14BrFN2O3.C12H24B2O4.C12H11BrN2O3.C6H2BrClFNO.C6H3BrFNO2.C5H9NO2.CH5N.B.Cl2OS/c1-7-24-16(23)13-10-21(6)15-12(14(13)22)8-11(9-20-15)19-25-17(2,3)18(4,5)26-19;1-4-20-13(19)10(7-17(2)3)11(18)9-5-8(14)6-16-12(9)15;1-9(2)10(3,4)16-13(15-9)14-17-11(5,6)12(7,8)18-14;1-3-18-12(17)9-6-15(2)11-8(10(9)16)4-7(13)5-14-11;7-3-1-4(5(8)11)6(9)10-2-3;7-3-1-4(6(10)11)5(8)9-2-3;1-6(2)4-3-5(7)8;1-2;;1-4(2)3/h8-10H,7H2,1-6H3;5-7H,4H2,1-3H3;1-8H3;4-6H,3H2,1-2H3;1-2H;1-2H,(H,10,11);3-4H,1-2H3,(H,7,8);2H2,1H3;;/b;10-7-;;;;;4-3+;;;. The van der Waals surface area contributed by atoms with E-state index in [0.29, 0.717) is 45.4 Å². The van der Waals surface area contributed by atoms with E-state index in [4.69, 9.17) is 68.2 Å². The third-order valence-corrected chi connectivity index (χ3v) is 19.0. The summed E-state index contributed by atoms with van der Waals surface area (Å²) in [6.45, 7) is 29.6. The summed E-state index contributed by atoms with van der Waals surface area (Å²) < 4.78 is 104. The molecule has 7 aromatic heterocycles. The first-order chi connectivity index (χ1) is 54.4. The number of aliphatic carboxylic acids is 1. The first-order valence-electron chi connectivity index (χ1n) is 34.8. The number of carboxylic acids is 2. The van der Waals surface area contributed by atoms with Crippen LogP contribution in [0, 0.1) is 17.8 Å². The minimum Gasteiger partial charge on any atom is -0.478 e. The predicted octanol–water partition coefficient (Wildman–Crippen LogP) is 12.1. The number of fused-ring (bicyclic) bond motifs is 2. The fourth-order valence-corrected chi connectivity index (χ4v) is 10.7. The smallest absolute Gasteiger partial charge is 0.478 e. The molecule has 0 amide bonds. The van der Waals surface area contributed by atoms with Crippen molar-refractivity contribution in [3.05, 3.63) is 182 Å². The molecule has 10 heterocycles. The van der Waals surface area contributed by atoms with Crippen LogP contribution >= 0.6 is 96.7 Å². The van der Waals surface area contributed by atoms with E-state index in [9.17, 15) is 56.3 Å². The highest BCUT2D eigenvalue weighted by molar-refractivity contribution is 9.11. The van der Waals surface area contributed by atoms with Crippen molar-refractivity contribution >= 4 is 204 Å². The van der Waals surface area contributed by atoms with E-state index in [1.807, 2.05) is 83.1 Å². The summed E-state index contributed by atoms with van der Waals surface area (Å²) >= 11 is 17.4. The van der Waals surface area contributed by atoms with Crippen molar-refractivity contribution in [2.24, 2.45) is 19.8 Å². The molecule has 3 fully saturated rings. The topological polar surface area (TPSA) is 401 Å². The van der Waals surface area contributed by atoms with Gasteiger partial charge in [-0.05, 0) is 217 Å². The number of rotatable bonds is 15. The Morgan fingerprint density at radius 3 is 1.19 bits per heavy atom. The molecule has 0 aromatic carbocycles. The maximum absolute atomic E-state index is 13.6. The largest absolute Gasteiger partial charge is 0.496 e. The lowest BCUT2D eigenvalue weighted by Crippen LogP contribution is -2.41. The SMILES string of the molecule is CC1(C)OB(B2OC(C)(C)C(C)(C)O2)OC1(C)C.CCOC(=O)/C(=C\N(C)C)C(=O)c1cc(Br)cnc1F.CCOC(=O)c1cn(C)c2ncc(B3OC(C)(C)C(C)(C)O3)cc2c1=O.CCOC(=O)c1cn(C)c2ncc(Br)cc2c1=O.CN.CN(C)/C=C/C(=O)O.O=C(Cl)c1cc(Br)cnc1F.O=C(O)c1cc(Br)cnc1F.O=S(Cl)Cl.[B]. The molecule has 4 N–H and O–H groups in total. The first-order valence-corrected chi connectivity index (χ1v) is 41.2. The summed E-state index contributed by atoms with van der Waals surface area (Å²) in [5.41, 5.74) is 1.73. The monoisotopic (exact) mass is 2000 g/mol. The molecule has 7 aromatic rings. The summed E-state index contributed by atoms with van der Waals surface area (Å²) in [6.07, 6.45) is 13.7. The number of ketones is 1. The molecule has 0 spiro atoms. The summed E-state index contributed by atoms with van der Waals surface area (Å²) in [4.78, 5) is 125. The lowest BCUT2D eigenvalue weighted by atomic mass is 9.49. The van der Waals surface area contributed by atoms with Crippen molar-refractivity contribution in [3.63, 3.8) is 0 Å². The zero-order chi connectivity index (χ0) is 90.8. The quantitative estimate of drug-likeness (QED) is 0.00987. The van der Waals surface area contributed by atoms with Crippen LogP contribution in [0.3, 0.4) is 0 Å². The van der Waals surface area contributed by atoms with E-state index >= 15 is 0 Å². The molecular formula is C73H91B4Br4Cl3F3N10O21S. The fraction of sp³-hybridized carbons (Fsp3) is 0.425. The van der Waals surface area contributed by atoms with Crippen LogP contribution in [0.25, 0.3) is 22.1 Å². The Kier molecular flexibility index (Phi) is 44.7. The Bertz CT molecular complexity index is 4820. The third kappa shape index (κ3) is 32.4. The van der Waals surface area contributed by atoms with Crippen LogP contribution in [-0.4, -0.2) is 217 Å². The van der Waals surface area contributed by atoms with E-state index in [1.165, 1.54) is 67.5 Å². The molecule has 0 aliphatic carbocycles. The highest BCUT2D eigenvalue weighted by Crippen LogP contribution is 2.43. The van der Waals surface area contributed by atoms with Gasteiger partial charge in [0.05, 0.1) is 75.3 Å². The number of pyridine rings is 7. The van der Waals surface area contributed by atoms with Crippen LogP contribution in [0.1, 0.15) is 156 Å². The van der Waals surface area contributed by atoms with Gasteiger partial charge in [-0.1, -0.05) is 0 Å². The molecule has 647 valence electrons. The Morgan fingerprint density at radius 1 is 0.538 bits per heavy atom. The summed E-state index contributed by atoms with van der Waals surface area (Å²) in [5.74, 6) is -7.83. The minimum absolute atomic E-state index is 0. The van der Waals surface area contributed by atoms with E-state index in [1.54, 1.807) is 102 Å². The van der Waals surface area contributed by atoms with Gasteiger partial charge in [-0.2, -0.15) is 13.2 Å². The molecule has 0 bridgehead atoms. The number of esters is 3. The lowest BCUT2D eigenvalue weighted by Gasteiger charge is -2.32. The fourth-order valence-electron chi connectivity index (χ4n) is 9.28. The van der Waals surface area contributed by atoms with Crippen LogP contribution in [0.15, 0.2) is 125 Å². The van der Waals surface area contributed by atoms with Crippen LogP contribution in [0.2, 0.25) is 0 Å². The summed E-state index contributed by atoms with van der Waals surface area (Å²) in [7, 11) is 17.5. The number of halogens is 10. The Hall–Kier alpha value is -7.35. The van der Waals surface area contributed by atoms with E-state index in [0.717, 1.165) is 12.1 Å². The molecule has 31 nitrogen and oxygen atoms in total. The average Bonchev–Trinajstić information content (AvgIpc) is 1.63. The molecule has 0 atom stereocenters. The molecular weight excluding hydrogens is 1910 g/mol. The van der Waals surface area contributed by atoms with Crippen molar-refractivity contribution < 1.29 is 103 Å². The molecule has 3 aliphatic rings. The number of Topliss-reactive ketones (excluding diaryl/α,β-unsaturated/α-hetero) is 1. The number of hydrogen-bond donors (Lipinski definition) is 3. The molecule has 119 heavy (non-hydrogen) atoms. The van der Waals surface area contributed by atoms with Gasteiger partial charge in [0.2, 0.25) is 43.7 Å². The highest BCUT2D eigenvalue weighted by atomic mass is 79.9. The van der Waals surface area contributed by atoms with Crippen molar-refractivity contribution in [2.75, 3.05) is 55.1 Å². The first kappa shape index (κ1) is 110. The van der Waals surface area contributed by atoms with E-state index in [-0.39, 0.29) is 83.9 Å². The number of aromatic carboxylic acids is 1. The molecule has 3 saturated heterocycles. The summed E-state index contributed by atoms with van der Waals surface area (Å²) in [6, 6.07) is 7.03. The Balaban J connectivity index is 0.000000703. The lowest BCUT2D eigenvalue weighted by molar-refractivity contribution is -0.138. The maximum Gasteiger partial charge on any atom is 0.496 e. The zero-order valence-corrected chi connectivity index (χ0v) is 78.5. The number of carbonyl (C=O) groups excluding carboxylic acids is 5. The van der Waals surface area contributed by atoms with Crippen molar-refractivity contribution in [2.45, 2.75) is 137 Å². The predicted molar refractivity (Wildman–Crippen MR) is 463 cm³/mol. The van der Waals surface area contributed by atoms with Gasteiger partial charge in [0.25, 0.3) is 5.24 Å². The van der Waals surface area contributed by atoms with Crippen LogP contribution in [-0.2, 0) is 75.0 Å². The van der Waals surface area contributed by atoms with E-state index < -0.39 is 111 Å². The Labute approximate surface area is 739 Å².